The van der Waals surface area contributed by atoms with Crippen LogP contribution in [-0.2, 0) is 22.0 Å². The number of rotatable bonds is 6. The van der Waals surface area contributed by atoms with Crippen LogP contribution in [0.3, 0.4) is 0 Å². The van der Waals surface area contributed by atoms with Gasteiger partial charge in [0.05, 0.1) is 24.2 Å². The van der Waals surface area contributed by atoms with Crippen LogP contribution in [0.5, 0.6) is 5.75 Å². The molecule has 0 radical (unpaired) electrons. The van der Waals surface area contributed by atoms with Crippen molar-refractivity contribution in [2.45, 2.75) is 37.6 Å². The van der Waals surface area contributed by atoms with Crippen molar-refractivity contribution in [3.63, 3.8) is 0 Å². The van der Waals surface area contributed by atoms with E-state index in [-0.39, 0.29) is 16.9 Å². The van der Waals surface area contributed by atoms with E-state index in [1.807, 2.05) is 24.3 Å². The average Bonchev–Trinajstić information content (AvgIpc) is 2.72. The standard InChI is InChI=1S/C24H26FNO3S/c1-24(2,3)19-7-15-23(16-8-19)30(27,28)26(21-11-9-20(25)10-12-21)17-18-5-13-22(29-4)14-6-18/h5-16H,17H2,1-4H3. The molecule has 6 heteroatoms. The molecule has 0 heterocycles. The van der Waals surface area contributed by atoms with E-state index < -0.39 is 15.8 Å². The quantitative estimate of drug-likeness (QED) is 0.520. The molecule has 4 nitrogen and oxygen atoms in total. The summed E-state index contributed by atoms with van der Waals surface area (Å²) in [4.78, 5) is 0.188. The fourth-order valence-electron chi connectivity index (χ4n) is 3.07. The molecule has 3 aromatic rings. The highest BCUT2D eigenvalue weighted by Gasteiger charge is 2.26. The van der Waals surface area contributed by atoms with Crippen LogP contribution in [0.15, 0.2) is 77.7 Å². The minimum absolute atomic E-state index is 0.0813. The van der Waals surface area contributed by atoms with Crippen LogP contribution < -0.4 is 9.04 Å². The second kappa shape index (κ2) is 8.48. The minimum Gasteiger partial charge on any atom is -0.497 e. The summed E-state index contributed by atoms with van der Waals surface area (Å²) in [6.45, 7) is 6.33. The molecule has 0 aliphatic rings. The van der Waals surface area contributed by atoms with Crippen molar-refractivity contribution < 1.29 is 17.5 Å². The second-order valence-electron chi connectivity index (χ2n) is 8.11. The summed E-state index contributed by atoms with van der Waals surface area (Å²) in [6, 6.07) is 19.6. The molecule has 0 saturated heterocycles. The van der Waals surface area contributed by atoms with Gasteiger partial charge in [0.15, 0.2) is 0 Å². The fourth-order valence-corrected chi connectivity index (χ4v) is 4.53. The highest BCUT2D eigenvalue weighted by Crippen LogP contribution is 2.29. The summed E-state index contributed by atoms with van der Waals surface area (Å²) >= 11 is 0. The summed E-state index contributed by atoms with van der Waals surface area (Å²) in [6.07, 6.45) is 0. The number of methoxy groups -OCH3 is 1. The summed E-state index contributed by atoms with van der Waals surface area (Å²) < 4.78 is 46.9. The van der Waals surface area contributed by atoms with Gasteiger partial charge in [-0.05, 0) is 65.1 Å². The van der Waals surface area contributed by atoms with Gasteiger partial charge in [0.1, 0.15) is 11.6 Å². The molecule has 0 N–H and O–H groups in total. The number of anilines is 1. The Morgan fingerprint density at radius 2 is 1.43 bits per heavy atom. The molecule has 0 aliphatic carbocycles. The van der Waals surface area contributed by atoms with Gasteiger partial charge in [-0.25, -0.2) is 12.8 Å². The van der Waals surface area contributed by atoms with E-state index in [0.29, 0.717) is 11.4 Å². The third-order valence-electron chi connectivity index (χ3n) is 4.91. The third kappa shape index (κ3) is 4.82. The van der Waals surface area contributed by atoms with Crippen molar-refractivity contribution in [1.82, 2.24) is 0 Å². The van der Waals surface area contributed by atoms with Crippen LogP contribution in [0, 0.1) is 5.82 Å². The van der Waals surface area contributed by atoms with Crippen molar-refractivity contribution in [2.75, 3.05) is 11.4 Å². The molecule has 0 atom stereocenters. The molecule has 0 unspecified atom stereocenters. The van der Waals surface area contributed by atoms with Crippen LogP contribution in [0.4, 0.5) is 10.1 Å². The normalized spacial score (nSPS) is 11.9. The predicted octanol–water partition coefficient (Wildman–Crippen LogP) is 5.53. The molecule has 0 aromatic heterocycles. The van der Waals surface area contributed by atoms with Crippen LogP contribution in [0.2, 0.25) is 0 Å². The molecule has 0 saturated carbocycles. The molecule has 0 fully saturated rings. The SMILES string of the molecule is COc1ccc(CN(c2ccc(F)cc2)S(=O)(=O)c2ccc(C(C)(C)C)cc2)cc1. The van der Waals surface area contributed by atoms with Crippen LogP contribution >= 0.6 is 0 Å². The Bertz CT molecular complexity index is 1090. The van der Waals surface area contributed by atoms with Crippen molar-refractivity contribution in [3.05, 3.63) is 89.7 Å². The van der Waals surface area contributed by atoms with Gasteiger partial charge < -0.3 is 4.74 Å². The van der Waals surface area contributed by atoms with Crippen LogP contribution in [0.1, 0.15) is 31.9 Å². The highest BCUT2D eigenvalue weighted by atomic mass is 32.2. The van der Waals surface area contributed by atoms with E-state index in [4.69, 9.17) is 4.74 Å². The molecule has 3 rings (SSSR count). The topological polar surface area (TPSA) is 46.6 Å². The zero-order chi connectivity index (χ0) is 21.9. The fraction of sp³-hybridized carbons (Fsp3) is 0.250. The molecule has 158 valence electrons. The Labute approximate surface area is 178 Å². The van der Waals surface area contributed by atoms with E-state index in [9.17, 15) is 12.8 Å². The van der Waals surface area contributed by atoms with Gasteiger partial charge in [-0.2, -0.15) is 0 Å². The van der Waals surface area contributed by atoms with Crippen LogP contribution in [0.25, 0.3) is 0 Å². The molecule has 0 spiro atoms. The lowest BCUT2D eigenvalue weighted by atomic mass is 9.87. The van der Waals surface area contributed by atoms with E-state index in [1.54, 1.807) is 31.4 Å². The molecular formula is C24H26FNO3S. The first kappa shape index (κ1) is 21.8. The van der Waals surface area contributed by atoms with Crippen LogP contribution in [-0.4, -0.2) is 15.5 Å². The lowest BCUT2D eigenvalue weighted by Crippen LogP contribution is -2.30. The molecular weight excluding hydrogens is 401 g/mol. The van der Waals surface area contributed by atoms with Gasteiger partial charge in [-0.15, -0.1) is 0 Å². The van der Waals surface area contributed by atoms with Gasteiger partial charge in [-0.1, -0.05) is 45.0 Å². The summed E-state index contributed by atoms with van der Waals surface area (Å²) in [5.41, 5.74) is 2.15. The Hall–Kier alpha value is -2.86. The maximum atomic E-state index is 13.5. The predicted molar refractivity (Wildman–Crippen MR) is 118 cm³/mol. The van der Waals surface area contributed by atoms with Crippen molar-refractivity contribution in [2.24, 2.45) is 0 Å². The van der Waals surface area contributed by atoms with Gasteiger partial charge >= 0.3 is 0 Å². The second-order valence-corrected chi connectivity index (χ2v) is 9.97. The number of nitrogens with zero attached hydrogens (tertiary/aromatic N) is 1. The first-order valence-electron chi connectivity index (χ1n) is 9.63. The van der Waals surface area contributed by atoms with Gasteiger partial charge in [0.25, 0.3) is 10.0 Å². The minimum atomic E-state index is -3.86. The molecule has 30 heavy (non-hydrogen) atoms. The Morgan fingerprint density at radius 1 is 0.867 bits per heavy atom. The summed E-state index contributed by atoms with van der Waals surface area (Å²) in [5.74, 6) is 0.266. The average molecular weight is 428 g/mol. The van der Waals surface area contributed by atoms with Crippen molar-refractivity contribution in [3.8, 4) is 5.75 Å². The molecule has 0 aliphatic heterocycles. The molecule has 0 amide bonds. The van der Waals surface area contributed by atoms with Crippen molar-refractivity contribution >= 4 is 15.7 Å². The van der Waals surface area contributed by atoms with E-state index in [2.05, 4.69) is 20.8 Å². The molecule has 0 bridgehead atoms. The third-order valence-corrected chi connectivity index (χ3v) is 6.70. The lowest BCUT2D eigenvalue weighted by molar-refractivity contribution is 0.414. The van der Waals surface area contributed by atoms with Gasteiger partial charge in [0, 0.05) is 0 Å². The maximum absolute atomic E-state index is 13.5. The number of hydrogen-bond acceptors (Lipinski definition) is 3. The molecule has 3 aromatic carbocycles. The Balaban J connectivity index is 2.02. The van der Waals surface area contributed by atoms with E-state index in [0.717, 1.165) is 11.1 Å². The number of benzene rings is 3. The Morgan fingerprint density at radius 3 is 1.93 bits per heavy atom. The summed E-state index contributed by atoms with van der Waals surface area (Å²) in [7, 11) is -2.29. The van der Waals surface area contributed by atoms with Gasteiger partial charge in [0.2, 0.25) is 0 Å². The summed E-state index contributed by atoms with van der Waals surface area (Å²) in [5, 5.41) is 0. The lowest BCUT2D eigenvalue weighted by Gasteiger charge is -2.25. The monoisotopic (exact) mass is 427 g/mol. The number of hydrogen-bond donors (Lipinski definition) is 0. The zero-order valence-corrected chi connectivity index (χ0v) is 18.4. The highest BCUT2D eigenvalue weighted by molar-refractivity contribution is 7.92. The van der Waals surface area contributed by atoms with Gasteiger partial charge in [-0.3, -0.25) is 4.31 Å². The van der Waals surface area contributed by atoms with Crippen molar-refractivity contribution in [1.29, 1.82) is 0 Å². The maximum Gasteiger partial charge on any atom is 0.264 e. The number of halogens is 1. The van der Waals surface area contributed by atoms with E-state index >= 15 is 0 Å². The first-order chi connectivity index (χ1) is 14.1. The number of ether oxygens (including phenoxy) is 1. The largest absolute Gasteiger partial charge is 0.497 e. The smallest absolute Gasteiger partial charge is 0.264 e. The number of sulfonamides is 1. The first-order valence-corrected chi connectivity index (χ1v) is 11.1. The zero-order valence-electron chi connectivity index (χ0n) is 17.6. The van der Waals surface area contributed by atoms with E-state index in [1.165, 1.54) is 28.6 Å². The Kier molecular flexibility index (Phi) is 6.17.